The van der Waals surface area contributed by atoms with E-state index in [9.17, 15) is 9.90 Å². The number of aliphatic imine (C=N–C) groups is 1. The van der Waals surface area contributed by atoms with Crippen molar-refractivity contribution in [2.75, 3.05) is 0 Å². The fourth-order valence-electron chi connectivity index (χ4n) is 2.43. The predicted molar refractivity (Wildman–Crippen MR) is 102 cm³/mol. The Labute approximate surface area is 154 Å². The van der Waals surface area contributed by atoms with Gasteiger partial charge in [0, 0.05) is 10.0 Å². The highest BCUT2D eigenvalue weighted by atomic mass is 79.9. The lowest BCUT2D eigenvalue weighted by molar-refractivity contribution is 0.0696. The van der Waals surface area contributed by atoms with Crippen LogP contribution in [0.3, 0.4) is 0 Å². The van der Waals surface area contributed by atoms with Gasteiger partial charge in [0.1, 0.15) is 11.5 Å². The zero-order chi connectivity index (χ0) is 18.0. The molecule has 0 saturated heterocycles. The minimum absolute atomic E-state index is 0.273. The molecule has 1 heterocycles. The third-order valence-electron chi connectivity index (χ3n) is 3.86. The molecule has 4 nitrogen and oxygen atoms in total. The summed E-state index contributed by atoms with van der Waals surface area (Å²) in [6.45, 7) is 3.78. The van der Waals surface area contributed by atoms with Crippen LogP contribution in [0.25, 0.3) is 11.3 Å². The van der Waals surface area contributed by atoms with Crippen LogP contribution in [0.4, 0.5) is 5.69 Å². The summed E-state index contributed by atoms with van der Waals surface area (Å²) in [4.78, 5) is 15.7. The normalized spacial score (nSPS) is 11.2. The van der Waals surface area contributed by atoms with Gasteiger partial charge < -0.3 is 9.52 Å². The van der Waals surface area contributed by atoms with E-state index in [0.29, 0.717) is 11.5 Å². The summed E-state index contributed by atoms with van der Waals surface area (Å²) in [6, 6.07) is 14.7. The van der Waals surface area contributed by atoms with Gasteiger partial charge in [-0.1, -0.05) is 28.1 Å². The van der Waals surface area contributed by atoms with Crippen molar-refractivity contribution in [2.24, 2.45) is 4.99 Å². The van der Waals surface area contributed by atoms with Gasteiger partial charge in [-0.2, -0.15) is 0 Å². The van der Waals surface area contributed by atoms with Crippen molar-refractivity contribution in [1.82, 2.24) is 0 Å². The molecular formula is C20H16BrNO3. The SMILES string of the molecule is Cc1cc(N=Cc2ccc(-c3ccc(C)c(C(=O)O)c3)o2)ccc1Br. The van der Waals surface area contributed by atoms with E-state index < -0.39 is 5.97 Å². The largest absolute Gasteiger partial charge is 0.478 e. The van der Waals surface area contributed by atoms with Crippen LogP contribution in [-0.4, -0.2) is 17.3 Å². The van der Waals surface area contributed by atoms with E-state index in [0.717, 1.165) is 26.9 Å². The highest BCUT2D eigenvalue weighted by Crippen LogP contribution is 2.25. The first-order valence-electron chi connectivity index (χ1n) is 7.68. The van der Waals surface area contributed by atoms with Gasteiger partial charge >= 0.3 is 5.97 Å². The van der Waals surface area contributed by atoms with Crippen molar-refractivity contribution in [3.05, 3.63) is 75.5 Å². The van der Waals surface area contributed by atoms with E-state index in [2.05, 4.69) is 20.9 Å². The number of aryl methyl sites for hydroxylation is 2. The summed E-state index contributed by atoms with van der Waals surface area (Å²) in [5.74, 6) is 0.266. The van der Waals surface area contributed by atoms with Crippen LogP contribution in [0.1, 0.15) is 27.2 Å². The maximum atomic E-state index is 11.3. The van der Waals surface area contributed by atoms with Crippen molar-refractivity contribution in [2.45, 2.75) is 13.8 Å². The number of nitrogens with zero attached hydrogens (tertiary/aromatic N) is 1. The number of halogens is 1. The van der Waals surface area contributed by atoms with Gasteiger partial charge in [0.2, 0.25) is 0 Å². The van der Waals surface area contributed by atoms with Gasteiger partial charge in [0.25, 0.3) is 0 Å². The molecule has 0 saturated carbocycles. The van der Waals surface area contributed by atoms with Crippen LogP contribution in [-0.2, 0) is 0 Å². The Morgan fingerprint density at radius 2 is 1.88 bits per heavy atom. The molecule has 5 heteroatoms. The molecule has 0 atom stereocenters. The zero-order valence-corrected chi connectivity index (χ0v) is 15.4. The minimum atomic E-state index is -0.946. The quantitative estimate of drug-likeness (QED) is 0.567. The second kappa shape index (κ2) is 7.07. The number of hydrogen-bond donors (Lipinski definition) is 1. The molecular weight excluding hydrogens is 382 g/mol. The molecule has 0 bridgehead atoms. The van der Waals surface area contributed by atoms with E-state index in [1.807, 2.05) is 43.3 Å². The van der Waals surface area contributed by atoms with Crippen molar-refractivity contribution < 1.29 is 14.3 Å². The van der Waals surface area contributed by atoms with Crippen molar-refractivity contribution in [3.8, 4) is 11.3 Å². The number of benzene rings is 2. The molecule has 25 heavy (non-hydrogen) atoms. The van der Waals surface area contributed by atoms with Gasteiger partial charge in [-0.25, -0.2) is 4.79 Å². The van der Waals surface area contributed by atoms with E-state index in [-0.39, 0.29) is 5.56 Å². The summed E-state index contributed by atoms with van der Waals surface area (Å²) >= 11 is 3.46. The molecule has 0 unspecified atom stereocenters. The Balaban J connectivity index is 1.85. The molecule has 3 rings (SSSR count). The Bertz CT molecular complexity index is 973. The smallest absolute Gasteiger partial charge is 0.335 e. The third-order valence-corrected chi connectivity index (χ3v) is 4.75. The number of rotatable bonds is 4. The topological polar surface area (TPSA) is 62.8 Å². The average Bonchev–Trinajstić information content (AvgIpc) is 3.05. The summed E-state index contributed by atoms with van der Waals surface area (Å²) in [5.41, 5.74) is 3.66. The first-order valence-corrected chi connectivity index (χ1v) is 8.48. The molecule has 3 aromatic rings. The molecule has 1 N–H and O–H groups in total. The fraction of sp³-hybridized carbons (Fsp3) is 0.100. The molecule has 0 amide bonds. The van der Waals surface area contributed by atoms with Gasteiger partial charge in [-0.3, -0.25) is 4.99 Å². The maximum Gasteiger partial charge on any atom is 0.335 e. The summed E-state index contributed by atoms with van der Waals surface area (Å²) < 4.78 is 6.81. The van der Waals surface area contributed by atoms with Crippen molar-refractivity contribution >= 4 is 33.8 Å². The van der Waals surface area contributed by atoms with Crippen LogP contribution in [0.2, 0.25) is 0 Å². The number of hydrogen-bond acceptors (Lipinski definition) is 3. The molecule has 0 aliphatic carbocycles. The third kappa shape index (κ3) is 3.88. The van der Waals surface area contributed by atoms with Crippen LogP contribution < -0.4 is 0 Å². The van der Waals surface area contributed by atoms with Crippen molar-refractivity contribution in [1.29, 1.82) is 0 Å². The second-order valence-corrected chi connectivity index (χ2v) is 6.58. The first kappa shape index (κ1) is 17.2. The number of carbonyl (C=O) groups is 1. The minimum Gasteiger partial charge on any atom is -0.478 e. The van der Waals surface area contributed by atoms with Crippen molar-refractivity contribution in [3.63, 3.8) is 0 Å². The molecule has 0 radical (unpaired) electrons. The second-order valence-electron chi connectivity index (χ2n) is 5.73. The average molecular weight is 398 g/mol. The molecule has 2 aromatic carbocycles. The Kier molecular flexibility index (Phi) is 4.86. The summed E-state index contributed by atoms with van der Waals surface area (Å²) in [6.07, 6.45) is 1.65. The predicted octanol–water partition coefficient (Wildman–Crippen LogP) is 5.77. The van der Waals surface area contributed by atoms with Crippen LogP contribution in [0, 0.1) is 13.8 Å². The molecule has 0 aliphatic rings. The van der Waals surface area contributed by atoms with Gasteiger partial charge in [0.15, 0.2) is 0 Å². The standard InChI is InChI=1S/C20H16BrNO3/c1-12-3-4-14(10-17(12)20(23)24)19-8-6-16(25-19)11-22-15-5-7-18(21)13(2)9-15/h3-11H,1-2H3,(H,23,24). The van der Waals surface area contributed by atoms with Crippen LogP contribution in [0.15, 0.2) is 62.4 Å². The molecule has 126 valence electrons. The fourth-order valence-corrected chi connectivity index (χ4v) is 2.68. The lowest BCUT2D eigenvalue weighted by Crippen LogP contribution is -1.99. The summed E-state index contributed by atoms with van der Waals surface area (Å²) in [5, 5.41) is 9.24. The van der Waals surface area contributed by atoms with E-state index >= 15 is 0 Å². The maximum absolute atomic E-state index is 11.3. The Morgan fingerprint density at radius 1 is 1.08 bits per heavy atom. The van der Waals surface area contributed by atoms with E-state index in [1.54, 1.807) is 25.3 Å². The lowest BCUT2D eigenvalue weighted by atomic mass is 10.0. The highest BCUT2D eigenvalue weighted by Gasteiger charge is 2.11. The zero-order valence-electron chi connectivity index (χ0n) is 13.8. The molecule has 0 spiro atoms. The van der Waals surface area contributed by atoms with Crippen LogP contribution >= 0.6 is 15.9 Å². The van der Waals surface area contributed by atoms with Gasteiger partial charge in [-0.05, 0) is 61.4 Å². The molecule has 0 aliphatic heterocycles. The Hall–Kier alpha value is -2.66. The van der Waals surface area contributed by atoms with Gasteiger partial charge in [-0.15, -0.1) is 0 Å². The number of aromatic carboxylic acids is 1. The summed E-state index contributed by atoms with van der Waals surface area (Å²) in [7, 11) is 0. The van der Waals surface area contributed by atoms with E-state index in [4.69, 9.17) is 4.42 Å². The van der Waals surface area contributed by atoms with E-state index in [1.165, 1.54) is 0 Å². The number of furan rings is 1. The molecule has 1 aromatic heterocycles. The molecule has 0 fully saturated rings. The lowest BCUT2D eigenvalue weighted by Gasteiger charge is -2.03. The monoisotopic (exact) mass is 397 g/mol. The van der Waals surface area contributed by atoms with Gasteiger partial charge in [0.05, 0.1) is 17.5 Å². The highest BCUT2D eigenvalue weighted by molar-refractivity contribution is 9.10. The van der Waals surface area contributed by atoms with Crippen LogP contribution in [0.5, 0.6) is 0 Å². The number of carboxylic acid groups (broad SMARTS) is 1. The Morgan fingerprint density at radius 3 is 2.60 bits per heavy atom. The number of carboxylic acids is 1. The first-order chi connectivity index (χ1) is 11.9.